The maximum atomic E-state index is 12.5. The Morgan fingerprint density at radius 1 is 1.25 bits per heavy atom. The van der Waals surface area contributed by atoms with E-state index in [2.05, 4.69) is 31.4 Å². The highest BCUT2D eigenvalue weighted by Gasteiger charge is 2.13. The summed E-state index contributed by atoms with van der Waals surface area (Å²) in [5.74, 6) is 0.226. The zero-order chi connectivity index (χ0) is 19.9. The van der Waals surface area contributed by atoms with Gasteiger partial charge in [0.1, 0.15) is 17.4 Å². The van der Waals surface area contributed by atoms with Crippen LogP contribution in [-0.2, 0) is 4.79 Å². The summed E-state index contributed by atoms with van der Waals surface area (Å²) in [7, 11) is 0. The molecule has 0 radical (unpaired) electrons. The fourth-order valence-electron chi connectivity index (χ4n) is 2.56. The Morgan fingerprint density at radius 3 is 2.61 bits per heavy atom. The van der Waals surface area contributed by atoms with Crippen molar-refractivity contribution >= 4 is 33.6 Å². The summed E-state index contributed by atoms with van der Waals surface area (Å²) in [6.07, 6.45) is 3.10. The maximum absolute atomic E-state index is 12.5. The number of amides is 1. The number of hydrogen-bond donors (Lipinski definition) is 2. The number of carbonyl (C=O) groups excluding carboxylic acids is 1. The van der Waals surface area contributed by atoms with Crippen LogP contribution < -0.4 is 10.1 Å². The Kier molecular flexibility index (Phi) is 6.25. The minimum atomic E-state index is -0.491. The zero-order valence-electron chi connectivity index (χ0n) is 15.1. The highest BCUT2D eigenvalue weighted by molar-refractivity contribution is 9.10. The lowest BCUT2D eigenvalue weighted by molar-refractivity contribution is -0.112. The van der Waals surface area contributed by atoms with Crippen LogP contribution in [0.15, 0.2) is 64.8 Å². The highest BCUT2D eigenvalue weighted by Crippen LogP contribution is 2.25. The summed E-state index contributed by atoms with van der Waals surface area (Å²) in [5.41, 5.74) is 2.84. The molecule has 3 rings (SSSR count). The first kappa shape index (κ1) is 19.4. The van der Waals surface area contributed by atoms with Gasteiger partial charge in [-0.25, -0.2) is 0 Å². The van der Waals surface area contributed by atoms with E-state index in [1.165, 1.54) is 6.08 Å². The summed E-state index contributed by atoms with van der Waals surface area (Å²) in [4.78, 5) is 12.5. The molecule has 3 aromatic rings. The minimum absolute atomic E-state index is 0.0198. The number of H-pyrrole nitrogens is 1. The molecule has 0 saturated carbocycles. The van der Waals surface area contributed by atoms with E-state index in [1.807, 2.05) is 37.3 Å². The molecule has 1 heterocycles. The molecule has 0 aliphatic rings. The van der Waals surface area contributed by atoms with E-state index in [0.717, 1.165) is 15.7 Å². The first-order chi connectivity index (χ1) is 13.6. The highest BCUT2D eigenvalue weighted by atomic mass is 79.9. The monoisotopic (exact) mass is 436 g/mol. The fraction of sp³-hybridized carbons (Fsp3) is 0.0952. The molecule has 0 aliphatic carbocycles. The van der Waals surface area contributed by atoms with Crippen molar-refractivity contribution in [3.05, 3.63) is 70.3 Å². The molecule has 1 aromatic heterocycles. The number of benzene rings is 2. The smallest absolute Gasteiger partial charge is 0.266 e. The summed E-state index contributed by atoms with van der Waals surface area (Å²) in [6, 6.07) is 16.6. The number of ether oxygens (including phenoxy) is 1. The molecule has 1 amide bonds. The molecular formula is C21H17BrN4O2. The average Bonchev–Trinajstić information content (AvgIpc) is 3.16. The lowest BCUT2D eigenvalue weighted by atomic mass is 10.1. The van der Waals surface area contributed by atoms with Gasteiger partial charge in [-0.05, 0) is 49.4 Å². The average molecular weight is 437 g/mol. The molecule has 7 heteroatoms. The third kappa shape index (κ3) is 4.67. The molecule has 2 N–H and O–H groups in total. The largest absolute Gasteiger partial charge is 0.494 e. The van der Waals surface area contributed by atoms with Gasteiger partial charge < -0.3 is 10.1 Å². The summed E-state index contributed by atoms with van der Waals surface area (Å²) < 4.78 is 6.34. The first-order valence-electron chi connectivity index (χ1n) is 8.56. The molecule has 0 fully saturated rings. The third-order valence-corrected chi connectivity index (χ3v) is 4.42. The molecule has 0 saturated heterocycles. The predicted octanol–water partition coefficient (Wildman–Crippen LogP) is 4.78. The van der Waals surface area contributed by atoms with E-state index in [4.69, 9.17) is 4.74 Å². The van der Waals surface area contributed by atoms with Crippen molar-refractivity contribution in [1.29, 1.82) is 5.26 Å². The molecule has 0 atom stereocenters. The number of halogens is 1. The van der Waals surface area contributed by atoms with Gasteiger partial charge >= 0.3 is 0 Å². The van der Waals surface area contributed by atoms with Crippen molar-refractivity contribution in [2.45, 2.75) is 6.92 Å². The van der Waals surface area contributed by atoms with Gasteiger partial charge in [0.2, 0.25) is 0 Å². The SMILES string of the molecule is CCOc1ccc(NC(=O)/C(C#N)=C/c2cn[nH]c2-c2ccc(Br)cc2)cc1. The number of anilines is 1. The molecular weight excluding hydrogens is 420 g/mol. The second kappa shape index (κ2) is 9.02. The number of aromatic amines is 1. The lowest BCUT2D eigenvalue weighted by Gasteiger charge is -2.07. The quantitative estimate of drug-likeness (QED) is 0.429. The van der Waals surface area contributed by atoms with E-state index in [1.54, 1.807) is 30.5 Å². The number of nitrogens with one attached hydrogen (secondary N) is 2. The van der Waals surface area contributed by atoms with Crippen LogP contribution >= 0.6 is 15.9 Å². The molecule has 140 valence electrons. The minimum Gasteiger partial charge on any atom is -0.494 e. The Balaban J connectivity index is 1.80. The number of aromatic nitrogens is 2. The molecule has 2 aromatic carbocycles. The lowest BCUT2D eigenvalue weighted by Crippen LogP contribution is -2.13. The standard InChI is InChI=1S/C21H17BrN4O2/c1-2-28-19-9-7-18(8-10-19)25-21(27)15(12-23)11-16-13-24-26-20(16)14-3-5-17(22)6-4-14/h3-11,13H,2H2,1H3,(H,24,26)(H,25,27)/b15-11+. The van der Waals surface area contributed by atoms with E-state index >= 15 is 0 Å². The third-order valence-electron chi connectivity index (χ3n) is 3.89. The fourth-order valence-corrected chi connectivity index (χ4v) is 2.82. The maximum Gasteiger partial charge on any atom is 0.266 e. The van der Waals surface area contributed by atoms with Crippen molar-refractivity contribution in [1.82, 2.24) is 10.2 Å². The molecule has 0 bridgehead atoms. The van der Waals surface area contributed by atoms with Crippen molar-refractivity contribution in [2.24, 2.45) is 0 Å². The van der Waals surface area contributed by atoms with Crippen LogP contribution in [0.4, 0.5) is 5.69 Å². The molecule has 6 nitrogen and oxygen atoms in total. The zero-order valence-corrected chi connectivity index (χ0v) is 16.7. The van der Waals surface area contributed by atoms with E-state index in [-0.39, 0.29) is 5.57 Å². The summed E-state index contributed by atoms with van der Waals surface area (Å²) in [6.45, 7) is 2.47. The normalized spacial score (nSPS) is 11.0. The second-order valence-corrected chi connectivity index (χ2v) is 6.70. The van der Waals surface area contributed by atoms with Crippen molar-refractivity contribution in [3.63, 3.8) is 0 Å². The van der Waals surface area contributed by atoms with Crippen LogP contribution in [0.2, 0.25) is 0 Å². The van der Waals surface area contributed by atoms with Crippen LogP contribution in [0.25, 0.3) is 17.3 Å². The Morgan fingerprint density at radius 2 is 1.96 bits per heavy atom. The molecule has 0 aliphatic heterocycles. The first-order valence-corrected chi connectivity index (χ1v) is 9.35. The van der Waals surface area contributed by atoms with Gasteiger partial charge in [-0.2, -0.15) is 10.4 Å². The van der Waals surface area contributed by atoms with Gasteiger partial charge in [-0.3, -0.25) is 9.89 Å². The van der Waals surface area contributed by atoms with Crippen LogP contribution in [0.3, 0.4) is 0 Å². The van der Waals surface area contributed by atoms with Gasteiger partial charge in [0.25, 0.3) is 5.91 Å². The Bertz CT molecular complexity index is 1030. The van der Waals surface area contributed by atoms with Gasteiger partial charge in [-0.15, -0.1) is 0 Å². The van der Waals surface area contributed by atoms with Crippen LogP contribution in [0.1, 0.15) is 12.5 Å². The van der Waals surface area contributed by atoms with Crippen molar-refractivity contribution < 1.29 is 9.53 Å². The Hall–Kier alpha value is -3.37. The van der Waals surface area contributed by atoms with Crippen molar-refractivity contribution in [2.75, 3.05) is 11.9 Å². The van der Waals surface area contributed by atoms with E-state index in [0.29, 0.717) is 23.6 Å². The Labute approximate surface area is 171 Å². The van der Waals surface area contributed by atoms with E-state index < -0.39 is 5.91 Å². The van der Waals surface area contributed by atoms with Gasteiger partial charge in [0, 0.05) is 21.3 Å². The number of carbonyl (C=O) groups is 1. The van der Waals surface area contributed by atoms with Crippen LogP contribution in [-0.4, -0.2) is 22.7 Å². The van der Waals surface area contributed by atoms with Gasteiger partial charge in [0.05, 0.1) is 18.5 Å². The number of nitrogens with zero attached hydrogens (tertiary/aromatic N) is 2. The van der Waals surface area contributed by atoms with Gasteiger partial charge in [-0.1, -0.05) is 28.1 Å². The second-order valence-electron chi connectivity index (χ2n) is 5.79. The predicted molar refractivity (Wildman–Crippen MR) is 112 cm³/mol. The van der Waals surface area contributed by atoms with Crippen molar-refractivity contribution in [3.8, 4) is 23.1 Å². The molecule has 0 spiro atoms. The molecule has 28 heavy (non-hydrogen) atoms. The summed E-state index contributed by atoms with van der Waals surface area (Å²) in [5, 5.41) is 19.1. The molecule has 0 unspecified atom stereocenters. The van der Waals surface area contributed by atoms with Crippen LogP contribution in [0.5, 0.6) is 5.75 Å². The number of hydrogen-bond acceptors (Lipinski definition) is 4. The topological polar surface area (TPSA) is 90.8 Å². The number of nitriles is 1. The van der Waals surface area contributed by atoms with E-state index in [9.17, 15) is 10.1 Å². The summed E-state index contributed by atoms with van der Waals surface area (Å²) >= 11 is 3.40. The van der Waals surface area contributed by atoms with Crippen LogP contribution in [0, 0.1) is 11.3 Å². The van der Waals surface area contributed by atoms with Gasteiger partial charge in [0.15, 0.2) is 0 Å². The number of rotatable bonds is 6.